The second-order valence-corrected chi connectivity index (χ2v) is 6.63. The second kappa shape index (κ2) is 5.60. The van der Waals surface area contributed by atoms with Crippen molar-refractivity contribution in [2.45, 2.75) is 57.6 Å². The minimum Gasteiger partial charge on any atom is -0.376 e. The minimum atomic E-state index is -0.103. The van der Waals surface area contributed by atoms with Crippen LogP contribution in [0.25, 0.3) is 11.1 Å². The van der Waals surface area contributed by atoms with Crippen LogP contribution in [0.3, 0.4) is 0 Å². The average molecular weight is 315 g/mol. The fraction of sp³-hybridized carbons (Fsp3) is 0.588. The number of fused-ring (bicyclic) bond motifs is 1. The molecular formula is C17H21N3O3. The summed E-state index contributed by atoms with van der Waals surface area (Å²) in [4.78, 5) is 17.3. The van der Waals surface area contributed by atoms with E-state index in [-0.39, 0.29) is 18.1 Å². The van der Waals surface area contributed by atoms with E-state index in [4.69, 9.17) is 9.26 Å². The summed E-state index contributed by atoms with van der Waals surface area (Å²) in [5.41, 5.74) is 2.70. The summed E-state index contributed by atoms with van der Waals surface area (Å²) < 4.78 is 11.0. The molecule has 1 saturated carbocycles. The predicted molar refractivity (Wildman–Crippen MR) is 84.4 cm³/mol. The van der Waals surface area contributed by atoms with E-state index in [0.717, 1.165) is 38.0 Å². The molecule has 0 spiro atoms. The van der Waals surface area contributed by atoms with Crippen LogP contribution in [0.4, 0.5) is 0 Å². The van der Waals surface area contributed by atoms with Gasteiger partial charge in [0.05, 0.1) is 28.8 Å². The van der Waals surface area contributed by atoms with Crippen molar-refractivity contribution in [3.8, 4) is 0 Å². The third-order valence-corrected chi connectivity index (χ3v) is 4.76. The molecule has 1 saturated heterocycles. The number of carbonyl (C=O) groups excluding carboxylic acids is 1. The predicted octanol–water partition coefficient (Wildman–Crippen LogP) is 2.71. The first-order valence-corrected chi connectivity index (χ1v) is 8.33. The smallest absolute Gasteiger partial charge is 0.259 e. The average Bonchev–Trinajstić information content (AvgIpc) is 3.11. The number of ether oxygens (including phenoxy) is 1. The molecule has 3 heterocycles. The number of rotatable bonds is 4. The third-order valence-electron chi connectivity index (χ3n) is 4.76. The van der Waals surface area contributed by atoms with Crippen molar-refractivity contribution in [2.75, 3.05) is 6.61 Å². The molecule has 2 atom stereocenters. The molecule has 122 valence electrons. The number of pyridine rings is 1. The van der Waals surface area contributed by atoms with Crippen LogP contribution in [-0.4, -0.2) is 34.8 Å². The summed E-state index contributed by atoms with van der Waals surface area (Å²) in [6.07, 6.45) is 4.40. The van der Waals surface area contributed by atoms with Crippen molar-refractivity contribution in [1.82, 2.24) is 15.5 Å². The summed E-state index contributed by atoms with van der Waals surface area (Å²) in [7, 11) is 0. The highest BCUT2D eigenvalue weighted by atomic mass is 16.5. The van der Waals surface area contributed by atoms with Crippen molar-refractivity contribution in [1.29, 1.82) is 0 Å². The Kier molecular flexibility index (Phi) is 3.56. The van der Waals surface area contributed by atoms with Gasteiger partial charge in [-0.2, -0.15) is 0 Å². The van der Waals surface area contributed by atoms with Gasteiger partial charge in [-0.3, -0.25) is 4.79 Å². The van der Waals surface area contributed by atoms with Crippen LogP contribution >= 0.6 is 0 Å². The number of hydrogen-bond acceptors (Lipinski definition) is 5. The molecule has 1 amide bonds. The Hall–Kier alpha value is -1.95. The number of nitrogens with one attached hydrogen (secondary N) is 1. The molecular weight excluding hydrogens is 294 g/mol. The standard InChI is InChI=1S/C17H21N3O3/c1-9(14-4-3-7-22-14)18-16(21)12-8-13(11-5-6-11)19-17-15(12)10(2)20-23-17/h8-9,11,14H,3-7H2,1-2H3,(H,18,21). The molecule has 2 fully saturated rings. The van der Waals surface area contributed by atoms with E-state index in [9.17, 15) is 4.79 Å². The molecule has 2 unspecified atom stereocenters. The lowest BCUT2D eigenvalue weighted by Crippen LogP contribution is -2.41. The van der Waals surface area contributed by atoms with Gasteiger partial charge >= 0.3 is 0 Å². The Morgan fingerprint density at radius 2 is 2.22 bits per heavy atom. The summed E-state index contributed by atoms with van der Waals surface area (Å²) in [6.45, 7) is 4.61. The fourth-order valence-corrected chi connectivity index (χ4v) is 3.26. The zero-order valence-corrected chi connectivity index (χ0v) is 13.5. The van der Waals surface area contributed by atoms with Crippen LogP contribution in [0.15, 0.2) is 10.6 Å². The highest BCUT2D eigenvalue weighted by Crippen LogP contribution is 2.40. The van der Waals surface area contributed by atoms with Gasteiger partial charge in [0.15, 0.2) is 0 Å². The Morgan fingerprint density at radius 3 is 2.91 bits per heavy atom. The molecule has 2 aromatic heterocycles. The summed E-state index contributed by atoms with van der Waals surface area (Å²) in [5, 5.41) is 7.76. The Morgan fingerprint density at radius 1 is 1.39 bits per heavy atom. The molecule has 2 aliphatic rings. The first kappa shape index (κ1) is 14.6. The largest absolute Gasteiger partial charge is 0.376 e. The number of aryl methyl sites for hydroxylation is 1. The molecule has 1 aliphatic carbocycles. The van der Waals surface area contributed by atoms with Gasteiger partial charge in [0.2, 0.25) is 0 Å². The summed E-state index contributed by atoms with van der Waals surface area (Å²) >= 11 is 0. The van der Waals surface area contributed by atoms with Crippen LogP contribution in [0.1, 0.15) is 60.3 Å². The van der Waals surface area contributed by atoms with Crippen LogP contribution in [-0.2, 0) is 4.74 Å². The highest BCUT2D eigenvalue weighted by Gasteiger charge is 2.30. The first-order chi connectivity index (χ1) is 11.1. The maximum atomic E-state index is 12.8. The van der Waals surface area contributed by atoms with Gasteiger partial charge in [-0.1, -0.05) is 5.16 Å². The number of amides is 1. The van der Waals surface area contributed by atoms with Gasteiger partial charge in [0, 0.05) is 18.2 Å². The lowest BCUT2D eigenvalue weighted by atomic mass is 10.1. The van der Waals surface area contributed by atoms with Gasteiger partial charge in [0.1, 0.15) is 0 Å². The third kappa shape index (κ3) is 2.72. The zero-order valence-electron chi connectivity index (χ0n) is 13.5. The van der Waals surface area contributed by atoms with E-state index in [1.54, 1.807) is 0 Å². The molecule has 0 radical (unpaired) electrons. The zero-order chi connectivity index (χ0) is 16.0. The van der Waals surface area contributed by atoms with E-state index in [0.29, 0.717) is 28.3 Å². The van der Waals surface area contributed by atoms with Crippen LogP contribution in [0.2, 0.25) is 0 Å². The van der Waals surface area contributed by atoms with E-state index in [1.807, 2.05) is 19.9 Å². The quantitative estimate of drug-likeness (QED) is 0.938. The number of nitrogens with zero attached hydrogens (tertiary/aromatic N) is 2. The van der Waals surface area contributed by atoms with Crippen molar-refractivity contribution in [3.05, 3.63) is 23.0 Å². The van der Waals surface area contributed by atoms with Crippen molar-refractivity contribution < 1.29 is 14.1 Å². The van der Waals surface area contributed by atoms with E-state index in [1.165, 1.54) is 0 Å². The maximum absolute atomic E-state index is 12.8. The van der Waals surface area contributed by atoms with Gasteiger partial charge in [0.25, 0.3) is 11.6 Å². The molecule has 6 nitrogen and oxygen atoms in total. The molecule has 4 rings (SSSR count). The van der Waals surface area contributed by atoms with Gasteiger partial charge < -0.3 is 14.6 Å². The maximum Gasteiger partial charge on any atom is 0.259 e. The molecule has 2 aromatic rings. The second-order valence-electron chi connectivity index (χ2n) is 6.63. The van der Waals surface area contributed by atoms with E-state index < -0.39 is 0 Å². The van der Waals surface area contributed by atoms with Gasteiger partial charge in [-0.05, 0) is 45.6 Å². The number of carbonyl (C=O) groups is 1. The molecule has 6 heteroatoms. The van der Waals surface area contributed by atoms with Crippen molar-refractivity contribution in [2.24, 2.45) is 0 Å². The molecule has 23 heavy (non-hydrogen) atoms. The molecule has 1 N–H and O–H groups in total. The molecule has 1 aliphatic heterocycles. The molecule has 0 aromatic carbocycles. The van der Waals surface area contributed by atoms with Crippen LogP contribution in [0.5, 0.6) is 0 Å². The van der Waals surface area contributed by atoms with Crippen LogP contribution in [0, 0.1) is 6.92 Å². The minimum absolute atomic E-state index is 0.0160. The Bertz CT molecular complexity index is 745. The van der Waals surface area contributed by atoms with Crippen molar-refractivity contribution in [3.63, 3.8) is 0 Å². The van der Waals surface area contributed by atoms with E-state index >= 15 is 0 Å². The summed E-state index contributed by atoms with van der Waals surface area (Å²) in [5.74, 6) is 0.348. The number of hydrogen-bond donors (Lipinski definition) is 1. The first-order valence-electron chi connectivity index (χ1n) is 8.33. The molecule has 0 bridgehead atoms. The van der Waals surface area contributed by atoms with Gasteiger partial charge in [-0.15, -0.1) is 0 Å². The van der Waals surface area contributed by atoms with E-state index in [2.05, 4.69) is 15.5 Å². The fourth-order valence-electron chi connectivity index (χ4n) is 3.26. The SMILES string of the molecule is Cc1noc2nc(C3CC3)cc(C(=O)NC(C)C3CCCO3)c12. The highest BCUT2D eigenvalue weighted by molar-refractivity contribution is 6.06. The lowest BCUT2D eigenvalue weighted by Gasteiger charge is -2.20. The lowest BCUT2D eigenvalue weighted by molar-refractivity contribution is 0.0713. The normalized spacial score (nSPS) is 22.4. The topological polar surface area (TPSA) is 77.2 Å². The number of aromatic nitrogens is 2. The Balaban J connectivity index is 1.65. The summed E-state index contributed by atoms with van der Waals surface area (Å²) in [6, 6.07) is 1.89. The van der Waals surface area contributed by atoms with Crippen LogP contribution < -0.4 is 5.32 Å². The van der Waals surface area contributed by atoms with Gasteiger partial charge in [-0.25, -0.2) is 4.98 Å². The Labute approximate surface area is 134 Å². The monoisotopic (exact) mass is 315 g/mol. The van der Waals surface area contributed by atoms with Crippen molar-refractivity contribution >= 4 is 17.0 Å².